The van der Waals surface area contributed by atoms with Crippen LogP contribution >= 0.6 is 0 Å². The average Bonchev–Trinajstić information content (AvgIpc) is 2.88. The molecule has 0 bridgehead atoms. The highest BCUT2D eigenvalue weighted by atomic mass is 15.2. The van der Waals surface area contributed by atoms with Crippen LogP contribution in [-0.4, -0.2) is 43.0 Å². The molecular weight excluding hydrogens is 316 g/mol. The van der Waals surface area contributed by atoms with Crippen LogP contribution in [0.25, 0.3) is 11.8 Å². The van der Waals surface area contributed by atoms with E-state index in [0.717, 1.165) is 32.6 Å². The van der Waals surface area contributed by atoms with Gasteiger partial charge in [0.1, 0.15) is 0 Å². The first-order chi connectivity index (χ1) is 12.8. The summed E-state index contributed by atoms with van der Waals surface area (Å²) < 4.78 is 0. The summed E-state index contributed by atoms with van der Waals surface area (Å²) in [5.41, 5.74) is 7.04. The van der Waals surface area contributed by atoms with E-state index in [1.165, 1.54) is 28.0 Å². The summed E-state index contributed by atoms with van der Waals surface area (Å²) in [6, 6.07) is 17.7. The van der Waals surface area contributed by atoms with Crippen LogP contribution < -0.4 is 0 Å². The van der Waals surface area contributed by atoms with E-state index in [4.69, 9.17) is 0 Å². The van der Waals surface area contributed by atoms with E-state index in [0.29, 0.717) is 0 Å². The molecule has 0 amide bonds. The maximum atomic E-state index is 2.56. The molecule has 26 heavy (non-hydrogen) atoms. The monoisotopic (exact) mass is 350 g/mol. The molecule has 2 aromatic carbocycles. The minimum Gasteiger partial charge on any atom is -0.368 e. The van der Waals surface area contributed by atoms with Gasteiger partial charge in [0.15, 0.2) is 0 Å². The largest absolute Gasteiger partial charge is 0.368 e. The van der Waals surface area contributed by atoms with Gasteiger partial charge in [0.25, 0.3) is 0 Å². The minimum atomic E-state index is 1.03. The molecule has 1 saturated heterocycles. The first kappa shape index (κ1) is 20.3. The summed E-state index contributed by atoms with van der Waals surface area (Å²) in [5, 5.41) is 0. The predicted molar refractivity (Wildman–Crippen MR) is 115 cm³/mol. The molecule has 2 aromatic rings. The molecule has 0 atom stereocenters. The third-order valence-electron chi connectivity index (χ3n) is 4.87. The van der Waals surface area contributed by atoms with Gasteiger partial charge in [-0.25, -0.2) is 0 Å². The third-order valence-corrected chi connectivity index (χ3v) is 4.87. The lowest BCUT2D eigenvalue weighted by molar-refractivity contribution is 0.208. The molecule has 0 aromatic heterocycles. The molecule has 2 nitrogen and oxygen atoms in total. The molecule has 1 aliphatic heterocycles. The first-order valence-corrected chi connectivity index (χ1v) is 10.1. The number of benzene rings is 2. The number of likely N-dealkylation sites (N-methyl/N-ethyl adjacent to an activating group) is 1. The van der Waals surface area contributed by atoms with Gasteiger partial charge in [0.2, 0.25) is 0 Å². The van der Waals surface area contributed by atoms with Crippen LogP contribution in [0.15, 0.2) is 48.5 Å². The Morgan fingerprint density at radius 1 is 0.692 bits per heavy atom. The van der Waals surface area contributed by atoms with Crippen LogP contribution in [0.4, 0.5) is 0 Å². The molecule has 0 saturated carbocycles. The summed E-state index contributed by atoms with van der Waals surface area (Å²) in [7, 11) is 2.21. The van der Waals surface area contributed by atoms with Crippen molar-refractivity contribution in [3.8, 4) is 0 Å². The van der Waals surface area contributed by atoms with Crippen molar-refractivity contribution in [2.75, 3.05) is 33.2 Å². The maximum Gasteiger partial charge on any atom is 0.0449 e. The molecule has 140 valence electrons. The fourth-order valence-electron chi connectivity index (χ4n) is 3.50. The lowest BCUT2D eigenvalue weighted by atomic mass is 9.99. The molecule has 0 N–H and O–H groups in total. The number of hydrogen-bond donors (Lipinski definition) is 0. The smallest absolute Gasteiger partial charge is 0.0449 e. The summed E-state index contributed by atoms with van der Waals surface area (Å²) in [6.45, 7) is 12.5. The maximum absolute atomic E-state index is 2.56. The quantitative estimate of drug-likeness (QED) is 0.680. The predicted octanol–water partition coefficient (Wildman–Crippen LogP) is 5.39. The van der Waals surface area contributed by atoms with Gasteiger partial charge < -0.3 is 9.80 Å². The van der Waals surface area contributed by atoms with E-state index in [-0.39, 0.29) is 0 Å². The molecule has 0 radical (unpaired) electrons. The second-order valence-electron chi connectivity index (χ2n) is 6.35. The molecule has 1 heterocycles. The lowest BCUT2D eigenvalue weighted by Crippen LogP contribution is -2.43. The Balaban J connectivity index is 0.000000570. The zero-order chi connectivity index (χ0) is 18.9. The summed E-state index contributed by atoms with van der Waals surface area (Å²) in [5.74, 6) is 0. The molecule has 1 fully saturated rings. The Kier molecular flexibility index (Phi) is 7.93. The normalized spacial score (nSPS) is 15.9. The standard InChI is InChI=1S/C20H22N2.2C2H6/c1-21-10-12-22(13-11-21)20-15-17-7-3-2-6-16(17)14-18-8-4-5-9-19(18)20;2*1-2/h2-9,15H,10-14H2,1H3;2*1-2H3. The average molecular weight is 351 g/mol. The Bertz CT molecular complexity index is 710. The van der Waals surface area contributed by atoms with Gasteiger partial charge in [0.05, 0.1) is 0 Å². The SMILES string of the molecule is CC.CC.CN1CCN(C2=Cc3ccccc3Cc3ccccc32)CC1. The summed E-state index contributed by atoms with van der Waals surface area (Å²) in [6.07, 6.45) is 3.42. The van der Waals surface area contributed by atoms with Crippen LogP contribution in [0.5, 0.6) is 0 Å². The van der Waals surface area contributed by atoms with Crippen molar-refractivity contribution in [3.05, 3.63) is 70.8 Å². The molecule has 0 unspecified atom stereocenters. The molecular formula is C24H34N2. The van der Waals surface area contributed by atoms with E-state index in [1.807, 2.05) is 27.7 Å². The van der Waals surface area contributed by atoms with E-state index in [1.54, 1.807) is 0 Å². The topological polar surface area (TPSA) is 6.48 Å². The van der Waals surface area contributed by atoms with Crippen molar-refractivity contribution in [2.45, 2.75) is 34.1 Å². The fraction of sp³-hybridized carbons (Fsp3) is 0.417. The second-order valence-corrected chi connectivity index (χ2v) is 6.35. The first-order valence-electron chi connectivity index (χ1n) is 10.1. The van der Waals surface area contributed by atoms with Crippen LogP contribution in [0, 0.1) is 0 Å². The van der Waals surface area contributed by atoms with Crippen LogP contribution in [-0.2, 0) is 6.42 Å². The Morgan fingerprint density at radius 2 is 1.27 bits per heavy atom. The number of nitrogens with zero attached hydrogens (tertiary/aromatic N) is 2. The molecule has 4 rings (SSSR count). The van der Waals surface area contributed by atoms with Crippen LogP contribution in [0.2, 0.25) is 0 Å². The number of hydrogen-bond acceptors (Lipinski definition) is 2. The van der Waals surface area contributed by atoms with Crippen molar-refractivity contribution < 1.29 is 0 Å². The highest BCUT2D eigenvalue weighted by Crippen LogP contribution is 2.32. The minimum absolute atomic E-state index is 1.03. The van der Waals surface area contributed by atoms with E-state index in [2.05, 4.69) is 71.5 Å². The van der Waals surface area contributed by atoms with Gasteiger partial charge in [-0.3, -0.25) is 0 Å². The van der Waals surface area contributed by atoms with Gasteiger partial charge in [-0.15, -0.1) is 0 Å². The van der Waals surface area contributed by atoms with Crippen LogP contribution in [0.3, 0.4) is 0 Å². The Morgan fingerprint density at radius 3 is 1.96 bits per heavy atom. The zero-order valence-corrected chi connectivity index (χ0v) is 17.1. The highest BCUT2D eigenvalue weighted by Gasteiger charge is 2.21. The summed E-state index contributed by atoms with van der Waals surface area (Å²) in [4.78, 5) is 4.97. The van der Waals surface area contributed by atoms with Crippen molar-refractivity contribution in [3.63, 3.8) is 0 Å². The van der Waals surface area contributed by atoms with Gasteiger partial charge in [-0.1, -0.05) is 76.2 Å². The number of piperazine rings is 1. The van der Waals surface area contributed by atoms with Gasteiger partial charge in [-0.2, -0.15) is 0 Å². The van der Waals surface area contributed by atoms with Gasteiger partial charge in [0, 0.05) is 37.4 Å². The van der Waals surface area contributed by atoms with E-state index in [9.17, 15) is 0 Å². The number of fused-ring (bicyclic) bond motifs is 2. The lowest BCUT2D eigenvalue weighted by Gasteiger charge is -2.36. The van der Waals surface area contributed by atoms with Crippen molar-refractivity contribution in [2.24, 2.45) is 0 Å². The van der Waals surface area contributed by atoms with Crippen molar-refractivity contribution in [1.82, 2.24) is 9.80 Å². The molecule has 2 heteroatoms. The fourth-order valence-corrected chi connectivity index (χ4v) is 3.50. The molecule has 2 aliphatic rings. The van der Waals surface area contributed by atoms with Crippen molar-refractivity contribution >= 4 is 11.8 Å². The second kappa shape index (κ2) is 10.2. The zero-order valence-electron chi connectivity index (χ0n) is 17.1. The number of rotatable bonds is 1. The van der Waals surface area contributed by atoms with E-state index >= 15 is 0 Å². The van der Waals surface area contributed by atoms with Gasteiger partial charge in [-0.05, 0) is 36.2 Å². The molecule has 1 aliphatic carbocycles. The Hall–Kier alpha value is -2.06. The van der Waals surface area contributed by atoms with Crippen molar-refractivity contribution in [1.29, 1.82) is 0 Å². The highest BCUT2D eigenvalue weighted by molar-refractivity contribution is 5.84. The third kappa shape index (κ3) is 4.56. The van der Waals surface area contributed by atoms with E-state index < -0.39 is 0 Å². The van der Waals surface area contributed by atoms with Crippen LogP contribution in [0.1, 0.15) is 49.9 Å². The molecule has 0 spiro atoms. The Labute approximate surface area is 160 Å². The summed E-state index contributed by atoms with van der Waals surface area (Å²) >= 11 is 0. The van der Waals surface area contributed by atoms with Gasteiger partial charge >= 0.3 is 0 Å².